The number of hydrogen-bond acceptors (Lipinski definition) is 22. The van der Waals surface area contributed by atoms with E-state index < -0.39 is 11.4 Å². The van der Waals surface area contributed by atoms with Crippen LogP contribution in [0.3, 0.4) is 0 Å². The Hall–Kier alpha value is -6.02. The number of aromatic amines is 2. The number of carbonyl (C=O) groups excluding carboxylic acids is 2. The molecule has 12 N–H and O–H groups in total. The second-order valence-corrected chi connectivity index (χ2v) is 32.5. The summed E-state index contributed by atoms with van der Waals surface area (Å²) < 4.78 is 18.9. The fourth-order valence-electron chi connectivity index (χ4n) is 18.0. The predicted octanol–water partition coefficient (Wildman–Crippen LogP) is 6.82. The number of piperidine rings is 9. The number of rotatable bonds is 11. The summed E-state index contributed by atoms with van der Waals surface area (Å²) in [5.41, 5.74) is 4.18. The number of nitrogens with zero attached hydrogens (tertiary/aromatic N) is 7. The van der Waals surface area contributed by atoms with E-state index in [9.17, 15) is 24.0 Å². The highest BCUT2D eigenvalue weighted by atomic mass is 16.5. The van der Waals surface area contributed by atoms with Crippen molar-refractivity contribution in [3.05, 3.63) is 99.5 Å². The number of carboxylic acids is 1. The second kappa shape index (κ2) is 51.9. The summed E-state index contributed by atoms with van der Waals surface area (Å²) in [7, 11) is 5.79. The van der Waals surface area contributed by atoms with E-state index in [-0.39, 0.29) is 41.2 Å². The number of para-hydroxylation sites is 2. The number of esters is 2. The average Bonchev–Trinajstić information content (AvgIpc) is 1.75. The molecule has 12 aliphatic heterocycles. The first-order chi connectivity index (χ1) is 55.4. The van der Waals surface area contributed by atoms with Gasteiger partial charge in [-0.15, -0.1) is 0 Å². The standard InChI is InChI=1S/C13H17NO2.C12H15N3O.C11H14N4O.C11H22N2.C9H18N2O.C9H18N2.C8H15NO2.C7H16N2.C6H11NO2/c1-16-12(15)13(7-9-14-10-8-13)11-5-3-2-4-6-11;16-12-14-10-3-1-2-4-11(10)15(12)9-5-7-13-8-6-9;16-11-14-9-2-1-5-13-10(9)15(11)8-3-6-12-7-4-8;1-2-4-10-13(9-3-1)11-5-7-12-8-6-11;1-3-10-4-2-9(1)11-5-7-12-8-6-11;1-2-8-11(7-1)9-3-5-10-6-4-9;1-2-11-8(10)7-3-5-9-6-4-7;1-9(2)7-3-5-8-6-4-7;8-6(9)5-1-3-7-4-2-5/h2-6,14H,7-10H2,1H3;1-4,9,13H,5-8H2,(H,14,16);1-2,5,8,12H,3-4,6-7H2,(H,14,16);11-12H,1-10H2;9-10H,1-8H2;9-10H,1-8H2;7,9H,2-6H2,1H3;7-8H,3-6H2,1-2H3;5,7H,1-4H2,(H,8,9). The van der Waals surface area contributed by atoms with Crippen molar-refractivity contribution in [1.29, 1.82) is 0 Å². The van der Waals surface area contributed by atoms with E-state index in [1.165, 1.54) is 176 Å². The Morgan fingerprint density at radius 2 is 0.858 bits per heavy atom. The van der Waals surface area contributed by atoms with Crippen molar-refractivity contribution in [2.45, 2.75) is 203 Å². The summed E-state index contributed by atoms with van der Waals surface area (Å²) in [6.07, 6.45) is 30.2. The highest BCUT2D eigenvalue weighted by Gasteiger charge is 2.42. The maximum absolute atomic E-state index is 12.0. The van der Waals surface area contributed by atoms with E-state index in [0.717, 1.165) is 208 Å². The monoisotopic (exact) mass is 1580 g/mol. The predicted molar refractivity (Wildman–Crippen MR) is 453 cm³/mol. The first-order valence-corrected chi connectivity index (χ1v) is 44.0. The number of fused-ring (bicyclic) bond motifs is 2. The Labute approximate surface area is 674 Å². The molecule has 12 aliphatic rings. The van der Waals surface area contributed by atoms with Crippen molar-refractivity contribution in [2.24, 2.45) is 11.8 Å². The molecule has 2 aromatic carbocycles. The number of likely N-dealkylation sites (tertiary alicyclic amines) is 2. The maximum Gasteiger partial charge on any atom is 0.327 e. The topological polar surface area (TPSA) is 309 Å². The minimum Gasteiger partial charge on any atom is -0.481 e. The highest BCUT2D eigenvalue weighted by molar-refractivity contribution is 5.83. The molecular weight excluding hydrogens is 1430 g/mol. The number of hydrogen-bond donors (Lipinski definition) is 12. The molecule has 0 saturated carbocycles. The Balaban J connectivity index is 0.000000147. The van der Waals surface area contributed by atoms with Gasteiger partial charge in [-0.1, -0.05) is 55.3 Å². The fraction of sp³-hybridized carbons (Fsp3) is 0.744. The molecule has 0 aliphatic carbocycles. The van der Waals surface area contributed by atoms with Crippen molar-refractivity contribution >= 4 is 40.1 Å². The Morgan fingerprint density at radius 1 is 0.469 bits per heavy atom. The average molecular weight is 1580 g/mol. The van der Waals surface area contributed by atoms with Crippen LogP contribution in [-0.2, 0) is 34.0 Å². The molecular formula is C86H146N18O9. The largest absolute Gasteiger partial charge is 0.481 e. The zero-order valence-corrected chi connectivity index (χ0v) is 69.5. The Kier molecular flexibility index (Phi) is 41.8. The van der Waals surface area contributed by atoms with Crippen molar-refractivity contribution < 1.29 is 33.7 Å². The lowest BCUT2D eigenvalue weighted by atomic mass is 9.73. The normalized spacial score (nSPS) is 22.5. The molecule has 113 heavy (non-hydrogen) atoms. The zero-order chi connectivity index (χ0) is 79.5. The fourth-order valence-corrected chi connectivity index (χ4v) is 18.0. The van der Waals surface area contributed by atoms with Gasteiger partial charge >= 0.3 is 29.3 Å². The Morgan fingerprint density at radius 3 is 1.31 bits per heavy atom. The maximum atomic E-state index is 12.0. The molecule has 15 heterocycles. The van der Waals surface area contributed by atoms with Crippen LogP contribution in [0.4, 0.5) is 0 Å². The van der Waals surface area contributed by atoms with Gasteiger partial charge in [-0.3, -0.25) is 28.4 Å². The zero-order valence-electron chi connectivity index (χ0n) is 69.5. The lowest BCUT2D eigenvalue weighted by Crippen LogP contribution is -2.47. The van der Waals surface area contributed by atoms with Gasteiger partial charge in [-0.05, 0) is 336 Å². The number of morpholine rings is 1. The van der Waals surface area contributed by atoms with Gasteiger partial charge in [0.25, 0.3) is 0 Å². The van der Waals surface area contributed by atoms with Gasteiger partial charge in [0.05, 0.1) is 60.7 Å². The molecule has 0 spiro atoms. The van der Waals surface area contributed by atoms with Crippen LogP contribution in [0, 0.1) is 11.8 Å². The molecule has 0 radical (unpaired) electrons. The number of H-pyrrole nitrogens is 2. The molecule has 634 valence electrons. The van der Waals surface area contributed by atoms with Crippen LogP contribution in [-0.4, -0.2) is 289 Å². The molecule has 3 aromatic heterocycles. The van der Waals surface area contributed by atoms with Gasteiger partial charge in [0.15, 0.2) is 5.65 Å². The quantitative estimate of drug-likeness (QED) is 0.0604. The van der Waals surface area contributed by atoms with Crippen LogP contribution in [0.1, 0.15) is 179 Å². The van der Waals surface area contributed by atoms with Crippen molar-refractivity contribution in [3.63, 3.8) is 0 Å². The highest BCUT2D eigenvalue weighted by Crippen LogP contribution is 2.35. The molecule has 0 atom stereocenters. The number of ether oxygens (including phenoxy) is 3. The summed E-state index contributed by atoms with van der Waals surface area (Å²) in [5.74, 6) is -0.715. The van der Waals surface area contributed by atoms with E-state index in [1.54, 1.807) is 10.8 Å². The third kappa shape index (κ3) is 30.1. The molecule has 0 amide bonds. The number of aliphatic carboxylic acids is 1. The van der Waals surface area contributed by atoms with Crippen LogP contribution in [0.5, 0.6) is 0 Å². The molecule has 0 bridgehead atoms. The van der Waals surface area contributed by atoms with E-state index in [4.69, 9.17) is 19.3 Å². The van der Waals surface area contributed by atoms with E-state index >= 15 is 0 Å². The van der Waals surface area contributed by atoms with E-state index in [0.29, 0.717) is 12.6 Å². The molecule has 27 heteroatoms. The van der Waals surface area contributed by atoms with Crippen LogP contribution in [0.25, 0.3) is 22.2 Å². The van der Waals surface area contributed by atoms with Crippen molar-refractivity contribution in [2.75, 3.05) is 198 Å². The van der Waals surface area contributed by atoms with Crippen molar-refractivity contribution in [1.82, 2.24) is 91.5 Å². The lowest BCUT2D eigenvalue weighted by molar-refractivity contribution is -0.149. The second-order valence-electron chi connectivity index (χ2n) is 32.5. The van der Waals surface area contributed by atoms with Gasteiger partial charge in [0.1, 0.15) is 0 Å². The first kappa shape index (κ1) is 90.9. The molecule has 0 unspecified atom stereocenters. The number of nitrogens with one attached hydrogen (secondary N) is 11. The SMILES string of the molecule is C1CC(N2CCOCC2)CCN1.C1CCCN(C2CCNCC2)CC1.C1CCN(C2CCNCC2)C1.CCOC(=O)C1CCNCC1.CN(C)C1CCNCC1.COC(=O)C1(c2ccccc2)CCNCC1.O=C(O)C1CCNCC1.O=c1[nH]c2ccccc2n1C1CCNCC1.O=c1[nH]c2cccnc2n1C1CCNCC1. The van der Waals surface area contributed by atoms with Crippen molar-refractivity contribution in [3.8, 4) is 0 Å². The molecule has 5 aromatic rings. The summed E-state index contributed by atoms with van der Waals surface area (Å²) >= 11 is 0. The third-order valence-electron chi connectivity index (χ3n) is 24.8. The number of methoxy groups -OCH3 is 1. The van der Waals surface area contributed by atoms with E-state index in [2.05, 4.69) is 96.5 Å². The molecule has 17 rings (SSSR count). The smallest absolute Gasteiger partial charge is 0.327 e. The summed E-state index contributed by atoms with van der Waals surface area (Å²) in [4.78, 5) is 77.7. The van der Waals surface area contributed by atoms with Crippen LogP contribution >= 0.6 is 0 Å². The first-order valence-electron chi connectivity index (χ1n) is 44.0. The summed E-state index contributed by atoms with van der Waals surface area (Å²) in [6.45, 7) is 31.0. The molecule has 12 saturated heterocycles. The minimum atomic E-state index is -0.642. The summed E-state index contributed by atoms with van der Waals surface area (Å²) in [6, 6.07) is 25.7. The van der Waals surface area contributed by atoms with Gasteiger partial charge in [0.2, 0.25) is 0 Å². The third-order valence-corrected chi connectivity index (χ3v) is 24.8. The molecule has 12 fully saturated rings. The van der Waals surface area contributed by atoms with Gasteiger partial charge in [0, 0.05) is 55.5 Å². The molecule has 27 nitrogen and oxygen atoms in total. The number of benzene rings is 2. The minimum absolute atomic E-state index is 0.0194. The number of carboxylic acid groups (broad SMARTS) is 1. The number of carbonyl (C=O) groups is 3. The lowest BCUT2D eigenvalue weighted by Gasteiger charge is -2.36. The van der Waals surface area contributed by atoms with Gasteiger partial charge in [-0.2, -0.15) is 0 Å². The van der Waals surface area contributed by atoms with Crippen LogP contribution in [0.15, 0.2) is 82.5 Å². The van der Waals surface area contributed by atoms with Gasteiger partial charge < -0.3 is 91.8 Å². The van der Waals surface area contributed by atoms with Crippen LogP contribution < -0.4 is 59.2 Å². The Bertz CT molecular complexity index is 3360. The van der Waals surface area contributed by atoms with Gasteiger partial charge in [-0.25, -0.2) is 14.6 Å². The number of aromatic nitrogens is 5. The van der Waals surface area contributed by atoms with E-state index in [1.807, 2.05) is 78.2 Å². The number of pyridine rings is 1. The van der Waals surface area contributed by atoms with Crippen LogP contribution in [0.2, 0.25) is 0 Å². The summed E-state index contributed by atoms with van der Waals surface area (Å²) in [5, 5.41) is 38.3. The number of imidazole rings is 2.